The number of aromatic nitrogens is 1. The Balaban J connectivity index is 1.55. The molecule has 1 aliphatic rings. The van der Waals surface area contributed by atoms with Crippen LogP contribution in [0.1, 0.15) is 24.8 Å². The van der Waals surface area contributed by atoms with Crippen LogP contribution in [-0.2, 0) is 11.2 Å². The topological polar surface area (TPSA) is 46.3 Å². The van der Waals surface area contributed by atoms with Gasteiger partial charge in [0.05, 0.1) is 6.42 Å². The van der Waals surface area contributed by atoms with Gasteiger partial charge in [0.2, 0.25) is 11.8 Å². The zero-order valence-corrected chi connectivity index (χ0v) is 13.6. The van der Waals surface area contributed by atoms with Gasteiger partial charge in [-0.2, -0.15) is 0 Å². The van der Waals surface area contributed by atoms with Crippen molar-refractivity contribution in [2.45, 2.75) is 25.7 Å². The van der Waals surface area contributed by atoms with E-state index in [1.807, 2.05) is 53.4 Å². The number of benzene rings is 2. The molecule has 0 spiro atoms. The molecule has 24 heavy (non-hydrogen) atoms. The number of likely N-dealkylation sites (tertiary alicyclic amines) is 1. The van der Waals surface area contributed by atoms with Crippen molar-refractivity contribution in [1.29, 1.82) is 0 Å². The maximum atomic E-state index is 12.4. The first-order valence-corrected chi connectivity index (χ1v) is 8.52. The number of oxazole rings is 1. The highest BCUT2D eigenvalue weighted by atomic mass is 16.3. The van der Waals surface area contributed by atoms with E-state index in [9.17, 15) is 4.79 Å². The average molecular weight is 320 g/mol. The van der Waals surface area contributed by atoms with Crippen LogP contribution in [-0.4, -0.2) is 28.9 Å². The van der Waals surface area contributed by atoms with Crippen molar-refractivity contribution in [3.8, 4) is 11.5 Å². The van der Waals surface area contributed by atoms with Crippen molar-refractivity contribution in [1.82, 2.24) is 9.88 Å². The van der Waals surface area contributed by atoms with Gasteiger partial charge in [0.15, 0.2) is 5.58 Å². The quantitative estimate of drug-likeness (QED) is 0.731. The molecular formula is C20H20N2O2. The number of piperidine rings is 1. The summed E-state index contributed by atoms with van der Waals surface area (Å²) >= 11 is 0. The zero-order chi connectivity index (χ0) is 16.4. The lowest BCUT2D eigenvalue weighted by Gasteiger charge is -2.26. The van der Waals surface area contributed by atoms with Gasteiger partial charge < -0.3 is 9.32 Å². The highest BCUT2D eigenvalue weighted by Crippen LogP contribution is 2.25. The number of hydrogen-bond acceptors (Lipinski definition) is 3. The number of para-hydroxylation sites is 2. The van der Waals surface area contributed by atoms with Crippen LogP contribution < -0.4 is 0 Å². The molecule has 1 aromatic heterocycles. The van der Waals surface area contributed by atoms with E-state index < -0.39 is 0 Å². The molecule has 2 heterocycles. The summed E-state index contributed by atoms with van der Waals surface area (Å²) in [5.41, 5.74) is 3.55. The minimum atomic E-state index is 0.212. The molecule has 2 aromatic carbocycles. The standard InChI is InChI=1S/C20H20N2O2/c23-19(22-11-4-1-5-12-22)14-15-7-6-8-16(13-15)20-21-17-9-2-3-10-18(17)24-20/h2-3,6-10,13H,1,4-5,11-12,14H2. The minimum absolute atomic E-state index is 0.212. The molecule has 4 nitrogen and oxygen atoms in total. The van der Waals surface area contributed by atoms with Gasteiger partial charge in [-0.25, -0.2) is 4.98 Å². The number of nitrogens with zero attached hydrogens (tertiary/aromatic N) is 2. The van der Waals surface area contributed by atoms with Crippen LogP contribution in [0.2, 0.25) is 0 Å². The van der Waals surface area contributed by atoms with Crippen LogP contribution in [0.25, 0.3) is 22.6 Å². The van der Waals surface area contributed by atoms with Crippen molar-refractivity contribution in [3.05, 3.63) is 54.1 Å². The van der Waals surface area contributed by atoms with Gasteiger partial charge in [0, 0.05) is 18.7 Å². The maximum absolute atomic E-state index is 12.4. The fraction of sp³-hybridized carbons (Fsp3) is 0.300. The van der Waals surface area contributed by atoms with Crippen molar-refractivity contribution in [2.75, 3.05) is 13.1 Å². The normalized spacial score (nSPS) is 14.9. The molecule has 4 rings (SSSR count). The molecule has 1 saturated heterocycles. The van der Waals surface area contributed by atoms with E-state index in [-0.39, 0.29) is 5.91 Å². The lowest BCUT2D eigenvalue weighted by atomic mass is 10.1. The molecule has 3 aromatic rings. The fourth-order valence-electron chi connectivity index (χ4n) is 3.24. The van der Waals surface area contributed by atoms with E-state index in [1.54, 1.807) is 0 Å². The van der Waals surface area contributed by atoms with E-state index in [2.05, 4.69) is 4.98 Å². The summed E-state index contributed by atoms with van der Waals surface area (Å²) in [4.78, 5) is 19.0. The number of carbonyl (C=O) groups excluding carboxylic acids is 1. The number of hydrogen-bond donors (Lipinski definition) is 0. The van der Waals surface area contributed by atoms with Crippen molar-refractivity contribution in [2.24, 2.45) is 0 Å². The second-order valence-electron chi connectivity index (χ2n) is 6.31. The maximum Gasteiger partial charge on any atom is 0.227 e. The van der Waals surface area contributed by atoms with E-state index in [0.717, 1.165) is 48.2 Å². The van der Waals surface area contributed by atoms with Crippen molar-refractivity contribution < 1.29 is 9.21 Å². The summed E-state index contributed by atoms with van der Waals surface area (Å²) in [6.07, 6.45) is 3.91. The summed E-state index contributed by atoms with van der Waals surface area (Å²) in [7, 11) is 0. The third-order valence-electron chi connectivity index (χ3n) is 4.53. The van der Waals surface area contributed by atoms with Crippen LogP contribution in [0, 0.1) is 0 Å². The monoisotopic (exact) mass is 320 g/mol. The molecule has 0 aliphatic carbocycles. The smallest absolute Gasteiger partial charge is 0.227 e. The third-order valence-corrected chi connectivity index (χ3v) is 4.53. The Hall–Kier alpha value is -2.62. The highest BCUT2D eigenvalue weighted by molar-refractivity contribution is 5.80. The molecule has 1 fully saturated rings. The molecule has 1 amide bonds. The van der Waals surface area contributed by atoms with Crippen molar-refractivity contribution >= 4 is 17.0 Å². The molecular weight excluding hydrogens is 300 g/mol. The predicted molar refractivity (Wildman–Crippen MR) is 93.6 cm³/mol. The lowest BCUT2D eigenvalue weighted by molar-refractivity contribution is -0.131. The summed E-state index contributed by atoms with van der Waals surface area (Å²) in [5.74, 6) is 0.813. The van der Waals surface area contributed by atoms with E-state index in [1.165, 1.54) is 6.42 Å². The lowest BCUT2D eigenvalue weighted by Crippen LogP contribution is -2.36. The Bertz CT molecular complexity index is 830. The molecule has 0 unspecified atom stereocenters. The Labute approximate surface area is 141 Å². The van der Waals surface area contributed by atoms with Crippen LogP contribution in [0.15, 0.2) is 52.9 Å². The Kier molecular flexibility index (Phi) is 4.03. The summed E-state index contributed by atoms with van der Waals surface area (Å²) in [5, 5.41) is 0. The van der Waals surface area contributed by atoms with Gasteiger partial charge in [0.1, 0.15) is 5.52 Å². The largest absolute Gasteiger partial charge is 0.436 e. The second kappa shape index (κ2) is 6.48. The van der Waals surface area contributed by atoms with Crippen molar-refractivity contribution in [3.63, 3.8) is 0 Å². The first-order valence-electron chi connectivity index (χ1n) is 8.52. The SMILES string of the molecule is O=C(Cc1cccc(-c2nc3ccccc3o2)c1)N1CCCCC1. The summed E-state index contributed by atoms with van der Waals surface area (Å²) in [6, 6.07) is 15.7. The summed E-state index contributed by atoms with van der Waals surface area (Å²) in [6.45, 7) is 1.79. The van der Waals surface area contributed by atoms with E-state index >= 15 is 0 Å². The van der Waals surface area contributed by atoms with Gasteiger partial charge >= 0.3 is 0 Å². The molecule has 0 atom stereocenters. The van der Waals surface area contributed by atoms with E-state index in [4.69, 9.17) is 4.42 Å². The first kappa shape index (κ1) is 14.9. The fourth-order valence-corrected chi connectivity index (χ4v) is 3.24. The predicted octanol–water partition coefficient (Wildman–Crippen LogP) is 4.05. The number of amides is 1. The molecule has 0 N–H and O–H groups in total. The van der Waals surface area contributed by atoms with Gasteiger partial charge in [-0.3, -0.25) is 4.79 Å². The molecule has 0 bridgehead atoms. The molecule has 0 radical (unpaired) electrons. The first-order chi connectivity index (χ1) is 11.8. The van der Waals surface area contributed by atoms with Crippen LogP contribution in [0.5, 0.6) is 0 Å². The number of rotatable bonds is 3. The van der Waals surface area contributed by atoms with Gasteiger partial charge in [-0.05, 0) is 49.1 Å². The van der Waals surface area contributed by atoms with Crippen LogP contribution in [0.4, 0.5) is 0 Å². The molecule has 4 heteroatoms. The minimum Gasteiger partial charge on any atom is -0.436 e. The number of carbonyl (C=O) groups is 1. The Morgan fingerprint density at radius 2 is 1.88 bits per heavy atom. The average Bonchev–Trinajstić information content (AvgIpc) is 3.07. The second-order valence-corrected chi connectivity index (χ2v) is 6.31. The molecule has 122 valence electrons. The van der Waals surface area contributed by atoms with Gasteiger partial charge in [0.25, 0.3) is 0 Å². The van der Waals surface area contributed by atoms with Crippen LogP contribution in [0.3, 0.4) is 0 Å². The number of fused-ring (bicyclic) bond motifs is 1. The Morgan fingerprint density at radius 1 is 1.04 bits per heavy atom. The third kappa shape index (κ3) is 3.04. The zero-order valence-electron chi connectivity index (χ0n) is 13.6. The van der Waals surface area contributed by atoms with E-state index in [0.29, 0.717) is 12.3 Å². The van der Waals surface area contributed by atoms with Gasteiger partial charge in [-0.15, -0.1) is 0 Å². The highest BCUT2D eigenvalue weighted by Gasteiger charge is 2.17. The van der Waals surface area contributed by atoms with Crippen LogP contribution >= 0.6 is 0 Å². The molecule has 0 saturated carbocycles. The Morgan fingerprint density at radius 3 is 2.71 bits per heavy atom. The van der Waals surface area contributed by atoms with Gasteiger partial charge in [-0.1, -0.05) is 24.3 Å². The summed E-state index contributed by atoms with van der Waals surface area (Å²) < 4.78 is 5.82. The molecule has 1 aliphatic heterocycles.